The Labute approximate surface area is 211 Å². The van der Waals surface area contributed by atoms with Crippen LogP contribution in [0.25, 0.3) is 5.69 Å². The Morgan fingerprint density at radius 2 is 1.76 bits per heavy atom. The van der Waals surface area contributed by atoms with Gasteiger partial charge in [0.15, 0.2) is 11.4 Å². The van der Waals surface area contributed by atoms with Crippen LogP contribution < -0.4 is 0 Å². The molecule has 2 heterocycles. The van der Waals surface area contributed by atoms with Gasteiger partial charge in [-0.2, -0.15) is 28.6 Å². The van der Waals surface area contributed by atoms with Gasteiger partial charge in [0.25, 0.3) is 0 Å². The van der Waals surface area contributed by atoms with Crippen molar-refractivity contribution in [3.05, 3.63) is 94.3 Å². The lowest BCUT2D eigenvalue weighted by atomic mass is 10.1. The second kappa shape index (κ2) is 10.8. The number of rotatable bonds is 7. The van der Waals surface area contributed by atoms with Gasteiger partial charge in [-0.15, -0.1) is 0 Å². The van der Waals surface area contributed by atoms with Gasteiger partial charge in [0.2, 0.25) is 0 Å². The lowest BCUT2D eigenvalue weighted by Gasteiger charge is -2.19. The molecule has 0 fully saturated rings. The normalized spacial score (nSPS) is 12.1. The van der Waals surface area contributed by atoms with Gasteiger partial charge in [-0.25, -0.2) is 9.07 Å². The second-order valence-electron chi connectivity index (χ2n) is 8.19. The monoisotopic (exact) mass is 515 g/mol. The van der Waals surface area contributed by atoms with Crippen molar-refractivity contribution in [2.24, 2.45) is 7.05 Å². The van der Waals surface area contributed by atoms with Crippen molar-refractivity contribution in [3.63, 3.8) is 0 Å². The number of benzene rings is 2. The molecular weight excluding hydrogens is 490 g/mol. The molecule has 2 aromatic heterocycles. The summed E-state index contributed by atoms with van der Waals surface area (Å²) in [4.78, 5) is 0. The minimum Gasteiger partial charge on any atom is -0.508 e. The lowest BCUT2D eigenvalue weighted by molar-refractivity contribution is -0.141. The molecule has 0 aliphatic carbocycles. The van der Waals surface area contributed by atoms with Crippen molar-refractivity contribution >= 4 is 0 Å². The number of hydrogen-bond acceptors (Lipinski definition) is 5. The molecule has 1 atom stereocenters. The van der Waals surface area contributed by atoms with Crippen molar-refractivity contribution in [1.29, 1.82) is 5.26 Å². The van der Waals surface area contributed by atoms with E-state index in [2.05, 4.69) is 10.2 Å². The number of phenols is 1. The molecule has 0 saturated carbocycles. The Kier molecular flexibility index (Phi) is 8.03. The van der Waals surface area contributed by atoms with Crippen LogP contribution >= 0.6 is 0 Å². The SMILES string of the molecule is C.C[C@@H](OCc1ccc(O)cc1)c1cc(F)ccc1-n1nc(C(F)(F)F)cc1Cc1cc(C#N)nn1C. The van der Waals surface area contributed by atoms with Gasteiger partial charge < -0.3 is 9.84 Å². The zero-order chi connectivity index (χ0) is 26.0. The van der Waals surface area contributed by atoms with Crippen LogP contribution in [0.15, 0.2) is 54.6 Å². The fourth-order valence-electron chi connectivity index (χ4n) is 3.75. The third-order valence-electron chi connectivity index (χ3n) is 5.62. The molecule has 7 nitrogen and oxygen atoms in total. The summed E-state index contributed by atoms with van der Waals surface area (Å²) in [6, 6.07) is 14.3. The van der Waals surface area contributed by atoms with E-state index >= 15 is 0 Å². The number of halogens is 4. The number of hydrogen-bond donors (Lipinski definition) is 1. The van der Waals surface area contributed by atoms with Gasteiger partial charge in [0, 0.05) is 24.7 Å². The standard InChI is InChI=1S/C25H21F4N5O2.CH4/c1-15(36-14-16-3-6-21(35)7-4-16)22-9-17(26)5-8-23(22)34-20(12-24(32-34)25(27,28)29)11-19-10-18(13-30)31-33(19)2;/h3-10,12,15,35H,11,14H2,1-2H3;1H4/t15-;/m1./s1. The van der Waals surface area contributed by atoms with Gasteiger partial charge in [0.1, 0.15) is 17.6 Å². The average molecular weight is 516 g/mol. The number of nitriles is 1. The summed E-state index contributed by atoms with van der Waals surface area (Å²) in [7, 11) is 1.59. The molecule has 37 heavy (non-hydrogen) atoms. The van der Waals surface area contributed by atoms with Gasteiger partial charge in [-0.3, -0.25) is 4.68 Å². The maximum absolute atomic E-state index is 14.2. The molecule has 0 bridgehead atoms. The molecule has 4 aromatic rings. The first kappa shape index (κ1) is 27.4. The molecule has 4 rings (SSSR count). The van der Waals surface area contributed by atoms with Crippen molar-refractivity contribution in [2.75, 3.05) is 0 Å². The predicted molar refractivity (Wildman–Crippen MR) is 127 cm³/mol. The summed E-state index contributed by atoms with van der Waals surface area (Å²) in [5, 5.41) is 26.3. The van der Waals surface area contributed by atoms with Crippen LogP contribution in [0.5, 0.6) is 5.75 Å². The van der Waals surface area contributed by atoms with Crippen molar-refractivity contribution < 1.29 is 27.4 Å². The van der Waals surface area contributed by atoms with E-state index in [0.29, 0.717) is 11.3 Å². The highest BCUT2D eigenvalue weighted by Gasteiger charge is 2.35. The Morgan fingerprint density at radius 3 is 2.38 bits per heavy atom. The Balaban J connectivity index is 0.00000380. The number of aryl methyl sites for hydroxylation is 1. The fourth-order valence-corrected chi connectivity index (χ4v) is 3.75. The van der Waals surface area contributed by atoms with Crippen LogP contribution in [-0.4, -0.2) is 24.7 Å². The third-order valence-corrected chi connectivity index (χ3v) is 5.62. The van der Waals surface area contributed by atoms with E-state index in [0.717, 1.165) is 22.4 Å². The molecule has 0 aliphatic rings. The highest BCUT2D eigenvalue weighted by molar-refractivity contribution is 5.44. The quantitative estimate of drug-likeness (QED) is 0.312. The average Bonchev–Trinajstić information content (AvgIpc) is 3.42. The highest BCUT2D eigenvalue weighted by atomic mass is 19.4. The zero-order valence-electron chi connectivity index (χ0n) is 19.3. The van der Waals surface area contributed by atoms with Crippen LogP contribution in [0, 0.1) is 17.1 Å². The molecule has 0 unspecified atom stereocenters. The maximum Gasteiger partial charge on any atom is 0.435 e. The molecule has 0 spiro atoms. The zero-order valence-corrected chi connectivity index (χ0v) is 19.3. The number of aromatic nitrogens is 4. The van der Waals surface area contributed by atoms with Crippen LogP contribution in [0.3, 0.4) is 0 Å². The maximum atomic E-state index is 14.2. The summed E-state index contributed by atoms with van der Waals surface area (Å²) in [6.45, 7) is 1.79. The minimum atomic E-state index is -4.70. The van der Waals surface area contributed by atoms with Crippen molar-refractivity contribution in [3.8, 4) is 17.5 Å². The molecule has 0 radical (unpaired) electrons. The Morgan fingerprint density at radius 1 is 1.05 bits per heavy atom. The largest absolute Gasteiger partial charge is 0.508 e. The summed E-state index contributed by atoms with van der Waals surface area (Å²) >= 11 is 0. The van der Waals surface area contributed by atoms with Crippen LogP contribution in [0.4, 0.5) is 17.6 Å². The van der Waals surface area contributed by atoms with Crippen molar-refractivity contribution in [1.82, 2.24) is 19.6 Å². The van der Waals surface area contributed by atoms with E-state index < -0.39 is 23.8 Å². The molecule has 0 aliphatic heterocycles. The summed E-state index contributed by atoms with van der Waals surface area (Å²) in [5.41, 5.74) is 0.982. The Hall–Kier alpha value is -4.17. The summed E-state index contributed by atoms with van der Waals surface area (Å²) < 4.78 is 63.4. The van der Waals surface area contributed by atoms with Gasteiger partial charge in [-0.05, 0) is 55.0 Å². The number of phenolic OH excluding ortho intramolecular Hbond substituents is 1. The molecule has 1 N–H and O–H groups in total. The number of alkyl halides is 3. The van der Waals surface area contributed by atoms with Crippen LogP contribution in [0.2, 0.25) is 0 Å². The first-order chi connectivity index (χ1) is 17.0. The summed E-state index contributed by atoms with van der Waals surface area (Å²) in [5.74, 6) is -0.481. The van der Waals surface area contributed by atoms with E-state index in [1.54, 1.807) is 26.1 Å². The predicted octanol–water partition coefficient (Wildman–Crippen LogP) is 5.85. The van der Waals surface area contributed by atoms with Crippen LogP contribution in [0.1, 0.15) is 54.4 Å². The molecule has 11 heteroatoms. The smallest absolute Gasteiger partial charge is 0.435 e. The minimum absolute atomic E-state index is 0. The third kappa shape index (κ3) is 6.16. The van der Waals surface area contributed by atoms with E-state index in [9.17, 15) is 22.7 Å². The van der Waals surface area contributed by atoms with Gasteiger partial charge in [-0.1, -0.05) is 19.6 Å². The number of nitrogens with zero attached hydrogens (tertiary/aromatic N) is 5. The Bertz CT molecular complexity index is 1420. The van der Waals surface area contributed by atoms with E-state index in [-0.39, 0.29) is 43.3 Å². The first-order valence-electron chi connectivity index (χ1n) is 10.8. The van der Waals surface area contributed by atoms with Crippen molar-refractivity contribution in [2.45, 2.75) is 39.7 Å². The first-order valence-corrected chi connectivity index (χ1v) is 10.8. The van der Waals surface area contributed by atoms with E-state index in [1.807, 2.05) is 6.07 Å². The van der Waals surface area contributed by atoms with E-state index in [1.165, 1.54) is 35.0 Å². The lowest BCUT2D eigenvalue weighted by Crippen LogP contribution is -2.12. The molecule has 2 aromatic carbocycles. The van der Waals surface area contributed by atoms with Gasteiger partial charge >= 0.3 is 6.18 Å². The molecular formula is C26H25F4N5O2. The number of ether oxygens (including phenoxy) is 1. The number of aromatic hydroxyl groups is 1. The molecule has 194 valence electrons. The van der Waals surface area contributed by atoms with E-state index in [4.69, 9.17) is 10.00 Å². The topological polar surface area (TPSA) is 88.9 Å². The second-order valence-corrected chi connectivity index (χ2v) is 8.19. The summed E-state index contributed by atoms with van der Waals surface area (Å²) in [6.07, 6.45) is -5.42. The fraction of sp³-hybridized carbons (Fsp3) is 0.269. The highest BCUT2D eigenvalue weighted by Crippen LogP contribution is 2.33. The molecule has 0 amide bonds. The van der Waals surface area contributed by atoms with Gasteiger partial charge in [0.05, 0.1) is 24.1 Å². The molecule has 0 saturated heterocycles. The van der Waals surface area contributed by atoms with Crippen LogP contribution in [-0.2, 0) is 31.0 Å².